The second kappa shape index (κ2) is 10.3. The number of fused-ring (bicyclic) bond motifs is 1. The lowest BCUT2D eigenvalue weighted by atomic mass is 10.0. The molecule has 0 aromatic heterocycles. The maximum Gasteiger partial charge on any atom is 0.209 e. The number of ether oxygens (including phenoxy) is 3. The molecule has 0 bridgehead atoms. The summed E-state index contributed by atoms with van der Waals surface area (Å²) >= 11 is 0. The van der Waals surface area contributed by atoms with Crippen molar-refractivity contribution in [3.8, 4) is 17.2 Å². The number of benzene rings is 2. The first-order chi connectivity index (χ1) is 15.3. The summed E-state index contributed by atoms with van der Waals surface area (Å²) in [6, 6.07) is 13.3. The number of oxime groups is 1. The van der Waals surface area contributed by atoms with Crippen LogP contribution in [0.15, 0.2) is 47.6 Å². The first kappa shape index (κ1) is 21.2. The summed E-state index contributed by atoms with van der Waals surface area (Å²) in [7, 11) is 1.64. The zero-order valence-corrected chi connectivity index (χ0v) is 17.8. The zero-order chi connectivity index (χ0) is 21.5. The Hall–Kier alpha value is -3.06. The van der Waals surface area contributed by atoms with Gasteiger partial charge in [0.05, 0.1) is 19.4 Å². The molecule has 1 saturated heterocycles. The summed E-state index contributed by atoms with van der Waals surface area (Å²) in [5.74, 6) is 2.12. The summed E-state index contributed by atoms with van der Waals surface area (Å²) in [5.41, 5.74) is 2.73. The van der Waals surface area contributed by atoms with Crippen molar-refractivity contribution in [3.05, 3.63) is 53.6 Å². The number of likely N-dealkylation sites (tertiary alicyclic amines) is 1. The van der Waals surface area contributed by atoms with Gasteiger partial charge in [-0.2, -0.15) is 0 Å². The van der Waals surface area contributed by atoms with E-state index in [1.54, 1.807) is 7.11 Å². The van der Waals surface area contributed by atoms with Crippen LogP contribution in [0.25, 0.3) is 0 Å². The highest BCUT2D eigenvalue weighted by atomic mass is 16.6. The summed E-state index contributed by atoms with van der Waals surface area (Å²) in [6.07, 6.45) is 4.36. The molecule has 31 heavy (non-hydrogen) atoms. The molecule has 0 radical (unpaired) electrons. The van der Waals surface area contributed by atoms with Crippen LogP contribution >= 0.6 is 0 Å². The number of aldehydes is 1. The van der Waals surface area contributed by atoms with Gasteiger partial charge in [0.15, 0.2) is 6.29 Å². The highest BCUT2D eigenvalue weighted by molar-refractivity contribution is 6.03. The van der Waals surface area contributed by atoms with E-state index in [-0.39, 0.29) is 0 Å². The Labute approximate surface area is 182 Å². The minimum absolute atomic E-state index is 0.377. The van der Waals surface area contributed by atoms with Gasteiger partial charge in [0.1, 0.15) is 23.9 Å². The van der Waals surface area contributed by atoms with Crippen molar-refractivity contribution in [2.45, 2.75) is 38.5 Å². The molecule has 2 aliphatic rings. The average Bonchev–Trinajstić information content (AvgIpc) is 2.83. The van der Waals surface area contributed by atoms with E-state index < -0.39 is 6.23 Å². The van der Waals surface area contributed by atoms with Gasteiger partial charge < -0.3 is 19.0 Å². The number of piperidine rings is 1. The third kappa shape index (κ3) is 5.35. The molecule has 2 aliphatic heterocycles. The largest absolute Gasteiger partial charge is 0.497 e. The van der Waals surface area contributed by atoms with Crippen molar-refractivity contribution in [2.75, 3.05) is 26.8 Å². The third-order valence-corrected chi connectivity index (χ3v) is 5.55. The lowest BCUT2D eigenvalue weighted by molar-refractivity contribution is -0.122. The van der Waals surface area contributed by atoms with Crippen LogP contribution in [0, 0.1) is 0 Å². The maximum absolute atomic E-state index is 11.6. The van der Waals surface area contributed by atoms with Crippen LogP contribution < -0.4 is 14.2 Å². The van der Waals surface area contributed by atoms with Gasteiger partial charge in [0, 0.05) is 31.1 Å². The molecule has 4 rings (SSSR count). The molecular weight excluding hydrogens is 396 g/mol. The highest BCUT2D eigenvalue weighted by Crippen LogP contribution is 2.30. The number of carbonyl (C=O) groups is 1. The predicted molar refractivity (Wildman–Crippen MR) is 117 cm³/mol. The van der Waals surface area contributed by atoms with E-state index in [1.807, 2.05) is 42.5 Å². The Balaban J connectivity index is 1.41. The van der Waals surface area contributed by atoms with Crippen LogP contribution in [0.5, 0.6) is 17.2 Å². The van der Waals surface area contributed by atoms with Crippen molar-refractivity contribution < 1.29 is 23.8 Å². The van der Waals surface area contributed by atoms with E-state index in [0.29, 0.717) is 31.1 Å². The maximum atomic E-state index is 11.6. The van der Waals surface area contributed by atoms with E-state index in [4.69, 9.17) is 19.0 Å². The molecule has 164 valence electrons. The molecule has 2 heterocycles. The fourth-order valence-electron chi connectivity index (χ4n) is 3.83. The minimum Gasteiger partial charge on any atom is -0.497 e. The zero-order valence-electron chi connectivity index (χ0n) is 17.8. The van der Waals surface area contributed by atoms with E-state index in [9.17, 15) is 4.79 Å². The molecular formula is C24H28N2O5. The van der Waals surface area contributed by atoms with Crippen molar-refractivity contribution in [1.29, 1.82) is 0 Å². The normalized spacial score (nSPS) is 18.5. The number of hydrogen-bond acceptors (Lipinski definition) is 7. The van der Waals surface area contributed by atoms with Gasteiger partial charge in [-0.3, -0.25) is 9.69 Å². The molecule has 0 aliphatic carbocycles. The molecule has 1 fully saturated rings. The number of methoxy groups -OCH3 is 1. The first-order valence-corrected chi connectivity index (χ1v) is 10.7. The van der Waals surface area contributed by atoms with Crippen molar-refractivity contribution >= 4 is 12.0 Å². The van der Waals surface area contributed by atoms with Crippen molar-refractivity contribution in [1.82, 2.24) is 4.90 Å². The van der Waals surface area contributed by atoms with Crippen LogP contribution in [-0.4, -0.2) is 49.9 Å². The molecule has 2 aromatic rings. The van der Waals surface area contributed by atoms with Crippen LogP contribution in [0.4, 0.5) is 0 Å². The summed E-state index contributed by atoms with van der Waals surface area (Å²) in [4.78, 5) is 19.2. The van der Waals surface area contributed by atoms with Crippen LogP contribution in [-0.2, 0) is 16.2 Å². The Morgan fingerprint density at radius 2 is 1.87 bits per heavy atom. The molecule has 0 saturated carbocycles. The summed E-state index contributed by atoms with van der Waals surface area (Å²) in [5, 5.41) is 4.34. The van der Waals surface area contributed by atoms with Gasteiger partial charge >= 0.3 is 0 Å². The fraction of sp³-hybridized carbons (Fsp3) is 0.417. The third-order valence-electron chi connectivity index (χ3n) is 5.55. The topological polar surface area (TPSA) is 69.6 Å². The van der Waals surface area contributed by atoms with E-state index in [0.717, 1.165) is 54.8 Å². The number of carbonyl (C=O) groups excluding carboxylic acids is 1. The van der Waals surface area contributed by atoms with Crippen molar-refractivity contribution in [3.63, 3.8) is 0 Å². The average molecular weight is 424 g/mol. The standard InChI is InChI=1S/C24H28N2O5/c1-28-19-7-5-18(6-8-19)17-30-25-22-11-14-29-23-15-20(9-10-21(22)23)31-24(16-27)26-12-3-2-4-13-26/h5-10,15-16,24H,2-4,11-14,17H2,1H3. The van der Waals surface area contributed by atoms with Crippen molar-refractivity contribution in [2.24, 2.45) is 5.16 Å². The lowest BCUT2D eigenvalue weighted by Crippen LogP contribution is -2.43. The lowest BCUT2D eigenvalue weighted by Gasteiger charge is -2.31. The second-order valence-electron chi connectivity index (χ2n) is 7.66. The van der Waals surface area contributed by atoms with E-state index >= 15 is 0 Å². The number of rotatable bonds is 8. The summed E-state index contributed by atoms with van der Waals surface area (Å²) < 4.78 is 16.9. The molecule has 1 atom stereocenters. The second-order valence-corrected chi connectivity index (χ2v) is 7.66. The first-order valence-electron chi connectivity index (χ1n) is 10.7. The number of hydrogen-bond donors (Lipinski definition) is 0. The molecule has 0 amide bonds. The van der Waals surface area contributed by atoms with Gasteiger partial charge in [-0.15, -0.1) is 0 Å². The Kier molecular flexibility index (Phi) is 7.04. The van der Waals surface area contributed by atoms with Gasteiger partial charge in [-0.1, -0.05) is 23.7 Å². The quantitative estimate of drug-likeness (QED) is 0.474. The Morgan fingerprint density at radius 3 is 2.61 bits per heavy atom. The molecule has 2 aromatic carbocycles. The fourth-order valence-corrected chi connectivity index (χ4v) is 3.83. The van der Waals surface area contributed by atoms with E-state index in [2.05, 4.69) is 10.1 Å². The smallest absolute Gasteiger partial charge is 0.209 e. The van der Waals surface area contributed by atoms with Gasteiger partial charge in [-0.25, -0.2) is 0 Å². The Morgan fingerprint density at radius 1 is 1.10 bits per heavy atom. The van der Waals surface area contributed by atoms with Crippen LogP contribution in [0.1, 0.15) is 36.8 Å². The molecule has 0 spiro atoms. The Bertz CT molecular complexity index is 907. The molecule has 1 unspecified atom stereocenters. The summed E-state index contributed by atoms with van der Waals surface area (Å²) in [6.45, 7) is 2.66. The minimum atomic E-state index is -0.567. The molecule has 7 nitrogen and oxygen atoms in total. The van der Waals surface area contributed by atoms with Gasteiger partial charge in [0.25, 0.3) is 0 Å². The van der Waals surface area contributed by atoms with Crippen LogP contribution in [0.2, 0.25) is 0 Å². The molecule has 0 N–H and O–H groups in total. The monoisotopic (exact) mass is 424 g/mol. The highest BCUT2D eigenvalue weighted by Gasteiger charge is 2.23. The number of nitrogens with zero attached hydrogens (tertiary/aromatic N) is 2. The van der Waals surface area contributed by atoms with Gasteiger partial charge in [-0.05, 0) is 42.7 Å². The molecule has 7 heteroatoms. The van der Waals surface area contributed by atoms with Crippen LogP contribution in [0.3, 0.4) is 0 Å². The van der Waals surface area contributed by atoms with Gasteiger partial charge in [0.2, 0.25) is 6.23 Å². The van der Waals surface area contributed by atoms with E-state index in [1.165, 1.54) is 6.42 Å². The predicted octanol–water partition coefficient (Wildman–Crippen LogP) is 3.79. The SMILES string of the molecule is COc1ccc(CON=C2CCOc3cc(OC(C=O)N4CCCCC4)ccc32)cc1.